The van der Waals surface area contributed by atoms with Crippen LogP contribution in [-0.2, 0) is 13.0 Å². The number of non-ortho nitro benzene ring substituents is 1. The molecule has 2 aliphatic rings. The number of Topliss-reactive ketones (excluding diaryl/α,β-unsaturated/α-hetero) is 1. The summed E-state index contributed by atoms with van der Waals surface area (Å²) in [6.07, 6.45) is 4.70. The molecular formula is C20H24N4O3. The average molecular weight is 368 g/mol. The number of carbonyl (C=O) groups excluding carboxylic acids is 1. The van der Waals surface area contributed by atoms with Gasteiger partial charge in [0.25, 0.3) is 5.69 Å². The summed E-state index contributed by atoms with van der Waals surface area (Å²) in [6, 6.07) is 8.77. The van der Waals surface area contributed by atoms with E-state index >= 15 is 0 Å². The minimum absolute atomic E-state index is 0.130. The van der Waals surface area contributed by atoms with Crippen LogP contribution in [0, 0.1) is 10.1 Å². The maximum absolute atomic E-state index is 12.0. The van der Waals surface area contributed by atoms with Gasteiger partial charge in [-0.15, -0.1) is 0 Å². The Bertz CT molecular complexity index is 835. The Labute approximate surface area is 158 Å². The number of nitro groups is 1. The van der Waals surface area contributed by atoms with Gasteiger partial charge in [-0.25, -0.2) is 0 Å². The van der Waals surface area contributed by atoms with Gasteiger partial charge in [-0.3, -0.25) is 19.8 Å². The van der Waals surface area contributed by atoms with Crippen molar-refractivity contribution < 1.29 is 9.72 Å². The van der Waals surface area contributed by atoms with Crippen molar-refractivity contribution in [1.82, 2.24) is 9.47 Å². The molecule has 7 nitrogen and oxygen atoms in total. The molecule has 0 N–H and O–H groups in total. The van der Waals surface area contributed by atoms with Crippen molar-refractivity contribution in [2.45, 2.75) is 25.8 Å². The summed E-state index contributed by atoms with van der Waals surface area (Å²) in [5.41, 5.74) is 3.30. The van der Waals surface area contributed by atoms with Gasteiger partial charge in [-0.05, 0) is 31.0 Å². The van der Waals surface area contributed by atoms with E-state index in [9.17, 15) is 14.9 Å². The summed E-state index contributed by atoms with van der Waals surface area (Å²) in [5, 5.41) is 10.8. The molecule has 1 saturated heterocycles. The highest BCUT2D eigenvalue weighted by molar-refractivity contribution is 5.98. The van der Waals surface area contributed by atoms with E-state index in [1.165, 1.54) is 5.69 Å². The largest absolute Gasteiger partial charge is 0.369 e. The smallest absolute Gasteiger partial charge is 0.269 e. The van der Waals surface area contributed by atoms with Crippen LogP contribution >= 0.6 is 0 Å². The van der Waals surface area contributed by atoms with Crippen molar-refractivity contribution in [3.63, 3.8) is 0 Å². The Balaban J connectivity index is 1.30. The van der Waals surface area contributed by atoms with Crippen LogP contribution in [0.4, 0.5) is 11.4 Å². The van der Waals surface area contributed by atoms with Gasteiger partial charge in [-0.1, -0.05) is 0 Å². The molecular weight excluding hydrogens is 344 g/mol. The number of nitro benzene ring substituents is 1. The first-order valence-corrected chi connectivity index (χ1v) is 9.55. The molecule has 2 aromatic rings. The molecule has 0 amide bonds. The Morgan fingerprint density at radius 2 is 1.70 bits per heavy atom. The van der Waals surface area contributed by atoms with E-state index in [1.807, 2.05) is 18.2 Å². The molecule has 1 aliphatic heterocycles. The average Bonchev–Trinajstić information content (AvgIpc) is 3.11. The molecule has 142 valence electrons. The van der Waals surface area contributed by atoms with Crippen molar-refractivity contribution in [2.75, 3.05) is 37.6 Å². The molecule has 0 unspecified atom stereocenters. The van der Waals surface area contributed by atoms with Crippen molar-refractivity contribution in [3.05, 3.63) is 57.9 Å². The van der Waals surface area contributed by atoms with E-state index in [0.717, 1.165) is 63.4 Å². The van der Waals surface area contributed by atoms with Crippen LogP contribution < -0.4 is 4.90 Å². The first-order chi connectivity index (χ1) is 13.1. The molecule has 0 saturated carbocycles. The third-order valence-electron chi connectivity index (χ3n) is 5.65. The maximum Gasteiger partial charge on any atom is 0.269 e. The fourth-order valence-electron chi connectivity index (χ4n) is 4.06. The molecule has 1 aromatic carbocycles. The molecule has 0 radical (unpaired) electrons. The summed E-state index contributed by atoms with van der Waals surface area (Å²) in [6.45, 7) is 5.67. The second-order valence-corrected chi connectivity index (χ2v) is 7.25. The van der Waals surface area contributed by atoms with Crippen LogP contribution in [0.15, 0.2) is 36.5 Å². The van der Waals surface area contributed by atoms with Gasteiger partial charge in [0.15, 0.2) is 5.78 Å². The van der Waals surface area contributed by atoms with Gasteiger partial charge in [0.2, 0.25) is 0 Å². The quantitative estimate of drug-likeness (QED) is 0.599. The number of piperazine rings is 1. The van der Waals surface area contributed by atoms with E-state index in [2.05, 4.69) is 20.6 Å². The number of fused-ring (bicyclic) bond motifs is 1. The van der Waals surface area contributed by atoms with Gasteiger partial charge >= 0.3 is 0 Å². The number of anilines is 1. The summed E-state index contributed by atoms with van der Waals surface area (Å²) in [4.78, 5) is 27.1. The summed E-state index contributed by atoms with van der Waals surface area (Å²) >= 11 is 0. The number of nitrogens with zero attached hydrogens (tertiary/aromatic N) is 4. The van der Waals surface area contributed by atoms with Crippen molar-refractivity contribution >= 4 is 17.2 Å². The minimum Gasteiger partial charge on any atom is -0.369 e. The van der Waals surface area contributed by atoms with Crippen LogP contribution in [0.2, 0.25) is 0 Å². The Kier molecular flexibility index (Phi) is 4.94. The van der Waals surface area contributed by atoms with Crippen molar-refractivity contribution in [1.29, 1.82) is 0 Å². The Morgan fingerprint density at radius 1 is 0.963 bits per heavy atom. The zero-order valence-electron chi connectivity index (χ0n) is 15.3. The number of aromatic nitrogens is 1. The van der Waals surface area contributed by atoms with Gasteiger partial charge in [0, 0.05) is 81.0 Å². The second-order valence-electron chi connectivity index (χ2n) is 7.25. The SMILES string of the molecule is O=C1CCCc2c1ccn2CCN1CCN(c2ccc([N+](=O)[O-])cc2)CC1. The molecule has 2 heterocycles. The Morgan fingerprint density at radius 3 is 2.41 bits per heavy atom. The molecule has 1 aromatic heterocycles. The highest BCUT2D eigenvalue weighted by Crippen LogP contribution is 2.23. The third-order valence-corrected chi connectivity index (χ3v) is 5.65. The molecule has 27 heavy (non-hydrogen) atoms. The van der Waals surface area contributed by atoms with Crippen LogP contribution in [0.25, 0.3) is 0 Å². The van der Waals surface area contributed by atoms with Crippen LogP contribution in [0.1, 0.15) is 28.9 Å². The highest BCUT2D eigenvalue weighted by atomic mass is 16.6. The van der Waals surface area contributed by atoms with Gasteiger partial charge in [-0.2, -0.15) is 0 Å². The summed E-state index contributed by atoms with van der Waals surface area (Å²) in [5.74, 6) is 0.284. The fourth-order valence-corrected chi connectivity index (χ4v) is 4.06. The standard InChI is InChI=1S/C20H24N4O3/c25-20-3-1-2-19-18(20)8-9-23(19)15-12-21-10-13-22(14-11-21)16-4-6-17(7-5-16)24(26)27/h4-9H,1-3,10-15H2. The molecule has 1 fully saturated rings. The number of ketones is 1. The van der Waals surface area contributed by atoms with Gasteiger partial charge in [0.1, 0.15) is 0 Å². The minimum atomic E-state index is -0.366. The number of hydrogen-bond donors (Lipinski definition) is 0. The van der Waals surface area contributed by atoms with Crippen LogP contribution in [-0.4, -0.2) is 52.9 Å². The van der Waals surface area contributed by atoms with E-state index in [-0.39, 0.29) is 16.4 Å². The van der Waals surface area contributed by atoms with E-state index < -0.39 is 0 Å². The Hall–Kier alpha value is -2.67. The molecule has 0 atom stereocenters. The number of benzene rings is 1. The lowest BCUT2D eigenvalue weighted by atomic mass is 9.97. The molecule has 0 spiro atoms. The van der Waals surface area contributed by atoms with Gasteiger partial charge < -0.3 is 9.47 Å². The van der Waals surface area contributed by atoms with Crippen LogP contribution in [0.5, 0.6) is 0 Å². The van der Waals surface area contributed by atoms with Crippen LogP contribution in [0.3, 0.4) is 0 Å². The lowest BCUT2D eigenvalue weighted by Gasteiger charge is -2.36. The molecule has 1 aliphatic carbocycles. The molecule has 7 heteroatoms. The zero-order valence-corrected chi connectivity index (χ0v) is 15.3. The highest BCUT2D eigenvalue weighted by Gasteiger charge is 2.22. The lowest BCUT2D eigenvalue weighted by Crippen LogP contribution is -2.47. The van der Waals surface area contributed by atoms with E-state index in [4.69, 9.17) is 0 Å². The van der Waals surface area contributed by atoms with Crippen molar-refractivity contribution in [3.8, 4) is 0 Å². The second kappa shape index (κ2) is 7.52. The number of rotatable bonds is 5. The summed E-state index contributed by atoms with van der Waals surface area (Å²) in [7, 11) is 0. The zero-order chi connectivity index (χ0) is 18.8. The van der Waals surface area contributed by atoms with Crippen molar-refractivity contribution in [2.24, 2.45) is 0 Å². The molecule has 4 rings (SSSR count). The third kappa shape index (κ3) is 3.73. The normalized spacial score (nSPS) is 17.8. The maximum atomic E-state index is 12.0. The molecule has 0 bridgehead atoms. The van der Waals surface area contributed by atoms with E-state index in [1.54, 1.807) is 12.1 Å². The topological polar surface area (TPSA) is 71.6 Å². The predicted molar refractivity (Wildman–Crippen MR) is 103 cm³/mol. The first-order valence-electron chi connectivity index (χ1n) is 9.55. The first kappa shape index (κ1) is 17.7. The predicted octanol–water partition coefficient (Wildman–Crippen LogP) is 2.74. The fraction of sp³-hybridized carbons (Fsp3) is 0.450. The van der Waals surface area contributed by atoms with E-state index in [0.29, 0.717) is 6.42 Å². The van der Waals surface area contributed by atoms with Gasteiger partial charge in [0.05, 0.1) is 4.92 Å². The number of hydrogen-bond acceptors (Lipinski definition) is 5. The number of carbonyl (C=O) groups is 1. The lowest BCUT2D eigenvalue weighted by molar-refractivity contribution is -0.384. The summed E-state index contributed by atoms with van der Waals surface area (Å²) < 4.78 is 2.25. The monoisotopic (exact) mass is 368 g/mol.